The summed E-state index contributed by atoms with van der Waals surface area (Å²) in [5.41, 5.74) is 1.07. The summed E-state index contributed by atoms with van der Waals surface area (Å²) in [6.07, 6.45) is 0. The van der Waals surface area contributed by atoms with Gasteiger partial charge in [0.25, 0.3) is 0 Å². The fraction of sp³-hybridized carbons (Fsp3) is 0.231. The fourth-order valence-electron chi connectivity index (χ4n) is 1.89. The zero-order chi connectivity index (χ0) is 14.0. The first kappa shape index (κ1) is 12.8. The van der Waals surface area contributed by atoms with Crippen LogP contribution in [0.4, 0.5) is 4.79 Å². The Hall–Kier alpha value is -2.68. The van der Waals surface area contributed by atoms with Crippen molar-refractivity contribution in [2.75, 3.05) is 6.54 Å². The summed E-state index contributed by atoms with van der Waals surface area (Å²) < 4.78 is 0. The molecule has 1 heterocycles. The van der Waals surface area contributed by atoms with Crippen LogP contribution in [0, 0.1) is 11.3 Å². The lowest BCUT2D eigenvalue weighted by Gasteiger charge is -2.14. The fourth-order valence-corrected chi connectivity index (χ4v) is 1.89. The second-order valence-corrected chi connectivity index (χ2v) is 4.04. The predicted octanol–water partition coefficient (Wildman–Crippen LogP) is 0.869. The molecular formula is C13H11N3O3. The molecule has 1 fully saturated rings. The summed E-state index contributed by atoms with van der Waals surface area (Å²) in [4.78, 5) is 36.9. The minimum Gasteiger partial charge on any atom is -0.263 e. The third-order valence-corrected chi connectivity index (χ3v) is 2.85. The molecule has 0 atom stereocenters. The van der Waals surface area contributed by atoms with Gasteiger partial charge in [0.2, 0.25) is 0 Å². The number of likely N-dealkylation sites (N-methyl/N-ethyl adjacent to an activating group) is 1. The standard InChI is InChI=1S/C13H11N3O3/c1-2-15-11(17)12(18)16(13(15)19)8-10-5-3-4-9(6-10)7-14/h3-6H,2,8H2,1H3. The highest BCUT2D eigenvalue weighted by Crippen LogP contribution is 2.16. The number of hydrogen-bond donors (Lipinski definition) is 0. The number of nitriles is 1. The van der Waals surface area contributed by atoms with Gasteiger partial charge in [-0.2, -0.15) is 5.26 Å². The van der Waals surface area contributed by atoms with Crippen LogP contribution in [0.25, 0.3) is 0 Å². The quantitative estimate of drug-likeness (QED) is 0.594. The highest BCUT2D eigenvalue weighted by atomic mass is 16.2. The van der Waals surface area contributed by atoms with Gasteiger partial charge in [-0.15, -0.1) is 0 Å². The zero-order valence-corrected chi connectivity index (χ0v) is 10.3. The highest BCUT2D eigenvalue weighted by molar-refractivity contribution is 6.44. The molecule has 0 radical (unpaired) electrons. The van der Waals surface area contributed by atoms with Crippen LogP contribution in [0.1, 0.15) is 18.1 Å². The Labute approximate surface area is 109 Å². The van der Waals surface area contributed by atoms with E-state index in [0.29, 0.717) is 11.1 Å². The van der Waals surface area contributed by atoms with Crippen LogP contribution in [0.15, 0.2) is 24.3 Å². The average molecular weight is 257 g/mol. The van der Waals surface area contributed by atoms with Crippen LogP contribution in [-0.4, -0.2) is 34.2 Å². The average Bonchev–Trinajstić information content (AvgIpc) is 2.63. The maximum Gasteiger partial charge on any atom is 0.334 e. The normalized spacial score (nSPS) is 15.1. The van der Waals surface area contributed by atoms with Crippen molar-refractivity contribution in [3.05, 3.63) is 35.4 Å². The number of imide groups is 2. The molecule has 0 saturated carbocycles. The van der Waals surface area contributed by atoms with Gasteiger partial charge in [0.15, 0.2) is 0 Å². The largest absolute Gasteiger partial charge is 0.334 e. The molecule has 96 valence electrons. The zero-order valence-electron chi connectivity index (χ0n) is 10.3. The van der Waals surface area contributed by atoms with Gasteiger partial charge in [-0.1, -0.05) is 12.1 Å². The Morgan fingerprint density at radius 3 is 2.42 bits per heavy atom. The first-order valence-corrected chi connectivity index (χ1v) is 5.74. The summed E-state index contributed by atoms with van der Waals surface area (Å²) >= 11 is 0. The molecule has 1 aliphatic rings. The number of amides is 4. The topological polar surface area (TPSA) is 81.5 Å². The van der Waals surface area contributed by atoms with Gasteiger partial charge in [0, 0.05) is 6.54 Å². The van der Waals surface area contributed by atoms with E-state index in [4.69, 9.17) is 5.26 Å². The van der Waals surface area contributed by atoms with Gasteiger partial charge in [-0.25, -0.2) is 4.79 Å². The van der Waals surface area contributed by atoms with Crippen LogP contribution in [0.3, 0.4) is 0 Å². The van der Waals surface area contributed by atoms with Gasteiger partial charge in [0.1, 0.15) is 0 Å². The number of hydrogen-bond acceptors (Lipinski definition) is 4. The molecule has 0 aliphatic carbocycles. The lowest BCUT2D eigenvalue weighted by molar-refractivity contribution is -0.143. The number of urea groups is 1. The lowest BCUT2D eigenvalue weighted by atomic mass is 10.1. The molecule has 6 nitrogen and oxygen atoms in total. The Bertz CT molecular complexity index is 603. The SMILES string of the molecule is CCN1C(=O)C(=O)N(Cc2cccc(C#N)c2)C1=O. The first-order valence-electron chi connectivity index (χ1n) is 5.74. The van der Waals surface area contributed by atoms with Crippen LogP contribution in [0.2, 0.25) is 0 Å². The monoisotopic (exact) mass is 257 g/mol. The van der Waals surface area contributed by atoms with E-state index >= 15 is 0 Å². The molecule has 1 aliphatic heterocycles. The smallest absolute Gasteiger partial charge is 0.263 e. The van der Waals surface area contributed by atoms with Gasteiger partial charge in [-0.05, 0) is 24.6 Å². The van der Waals surface area contributed by atoms with E-state index < -0.39 is 17.8 Å². The Morgan fingerprint density at radius 1 is 1.16 bits per heavy atom. The number of benzene rings is 1. The highest BCUT2D eigenvalue weighted by Gasteiger charge is 2.43. The van der Waals surface area contributed by atoms with E-state index in [-0.39, 0.29) is 13.1 Å². The van der Waals surface area contributed by atoms with Gasteiger partial charge in [-0.3, -0.25) is 19.4 Å². The van der Waals surface area contributed by atoms with Crippen LogP contribution in [0.5, 0.6) is 0 Å². The van der Waals surface area contributed by atoms with Crippen LogP contribution < -0.4 is 0 Å². The number of carbonyl (C=O) groups is 3. The Morgan fingerprint density at radius 2 is 1.84 bits per heavy atom. The van der Waals surface area contributed by atoms with Crippen molar-refractivity contribution in [1.82, 2.24) is 9.80 Å². The van der Waals surface area contributed by atoms with Crippen molar-refractivity contribution >= 4 is 17.8 Å². The molecule has 2 rings (SSSR count). The lowest BCUT2D eigenvalue weighted by Crippen LogP contribution is -2.32. The Balaban J connectivity index is 2.24. The van der Waals surface area contributed by atoms with E-state index in [1.807, 2.05) is 6.07 Å². The van der Waals surface area contributed by atoms with Gasteiger partial charge in [0.05, 0.1) is 18.2 Å². The van der Waals surface area contributed by atoms with E-state index in [9.17, 15) is 14.4 Å². The molecular weight excluding hydrogens is 246 g/mol. The molecule has 0 aromatic heterocycles. The van der Waals surface area contributed by atoms with E-state index in [2.05, 4.69) is 0 Å². The van der Waals surface area contributed by atoms with Gasteiger partial charge >= 0.3 is 17.8 Å². The van der Waals surface area contributed by atoms with Crippen molar-refractivity contribution in [3.63, 3.8) is 0 Å². The minimum absolute atomic E-state index is 0.00454. The third-order valence-electron chi connectivity index (χ3n) is 2.85. The Kier molecular flexibility index (Phi) is 3.29. The van der Waals surface area contributed by atoms with E-state index in [1.54, 1.807) is 31.2 Å². The second-order valence-electron chi connectivity index (χ2n) is 4.04. The maximum absolute atomic E-state index is 11.9. The molecule has 0 spiro atoms. The molecule has 1 aromatic rings. The summed E-state index contributed by atoms with van der Waals surface area (Å²) in [7, 11) is 0. The molecule has 0 N–H and O–H groups in total. The van der Waals surface area contributed by atoms with Crippen molar-refractivity contribution in [2.24, 2.45) is 0 Å². The summed E-state index contributed by atoms with van der Waals surface area (Å²) in [6.45, 7) is 1.79. The second kappa shape index (κ2) is 4.90. The molecule has 1 saturated heterocycles. The van der Waals surface area contributed by atoms with E-state index in [1.165, 1.54) is 0 Å². The summed E-state index contributed by atoms with van der Waals surface area (Å²) in [6, 6.07) is 7.93. The maximum atomic E-state index is 11.9. The summed E-state index contributed by atoms with van der Waals surface area (Å²) in [5, 5.41) is 8.79. The molecule has 6 heteroatoms. The van der Waals surface area contributed by atoms with Crippen molar-refractivity contribution in [2.45, 2.75) is 13.5 Å². The summed E-state index contributed by atoms with van der Waals surface area (Å²) in [5.74, 6) is -1.63. The molecule has 0 unspecified atom stereocenters. The van der Waals surface area contributed by atoms with Crippen LogP contribution >= 0.6 is 0 Å². The van der Waals surface area contributed by atoms with Crippen molar-refractivity contribution in [3.8, 4) is 6.07 Å². The number of rotatable bonds is 3. The van der Waals surface area contributed by atoms with Crippen molar-refractivity contribution < 1.29 is 14.4 Å². The first-order chi connectivity index (χ1) is 9.08. The molecule has 1 aromatic carbocycles. The molecule has 19 heavy (non-hydrogen) atoms. The third kappa shape index (κ3) is 2.18. The number of nitrogens with zero attached hydrogens (tertiary/aromatic N) is 3. The predicted molar refractivity (Wildman–Crippen MR) is 64.5 cm³/mol. The van der Waals surface area contributed by atoms with Crippen LogP contribution in [-0.2, 0) is 16.1 Å². The molecule has 0 bridgehead atoms. The van der Waals surface area contributed by atoms with Crippen molar-refractivity contribution in [1.29, 1.82) is 5.26 Å². The minimum atomic E-state index is -0.825. The van der Waals surface area contributed by atoms with Gasteiger partial charge < -0.3 is 0 Å². The number of carbonyl (C=O) groups excluding carboxylic acids is 3. The molecule has 4 amide bonds. The van der Waals surface area contributed by atoms with E-state index in [0.717, 1.165) is 9.80 Å².